The molecule has 2 rings (SSSR count). The summed E-state index contributed by atoms with van der Waals surface area (Å²) in [6.07, 6.45) is 0.197. The summed E-state index contributed by atoms with van der Waals surface area (Å²) in [6, 6.07) is 12.3. The number of nitrogens with one attached hydrogen (secondary N) is 1. The third-order valence-corrected chi connectivity index (χ3v) is 5.13. The first-order chi connectivity index (χ1) is 13.2. The van der Waals surface area contributed by atoms with Gasteiger partial charge in [0.25, 0.3) is 0 Å². The van der Waals surface area contributed by atoms with E-state index in [-0.39, 0.29) is 30.8 Å². The topological polar surface area (TPSA) is 49.4 Å². The molecule has 2 aromatic rings. The zero-order valence-electron chi connectivity index (χ0n) is 16.6. The minimum Gasteiger partial charge on any atom is -0.352 e. The van der Waals surface area contributed by atoms with Gasteiger partial charge in [0, 0.05) is 28.2 Å². The highest BCUT2D eigenvalue weighted by Gasteiger charge is 2.27. The Morgan fingerprint density at radius 2 is 1.64 bits per heavy atom. The van der Waals surface area contributed by atoms with E-state index in [4.69, 9.17) is 23.2 Å². The summed E-state index contributed by atoms with van der Waals surface area (Å²) < 4.78 is 0. The molecule has 6 heteroatoms. The molecule has 4 nitrogen and oxygen atoms in total. The second kappa shape index (κ2) is 9.94. The lowest BCUT2D eigenvalue weighted by atomic mass is 10.1. The third-order valence-electron chi connectivity index (χ3n) is 4.43. The summed E-state index contributed by atoms with van der Waals surface area (Å²) in [5.74, 6) is -0.372. The molecule has 1 atom stereocenters. The van der Waals surface area contributed by atoms with Gasteiger partial charge in [-0.2, -0.15) is 0 Å². The van der Waals surface area contributed by atoms with Crippen LogP contribution in [0.4, 0.5) is 0 Å². The Balaban J connectivity index is 2.31. The molecular formula is C22H26Cl2N2O2. The second-order valence-corrected chi connectivity index (χ2v) is 8.04. The first-order valence-corrected chi connectivity index (χ1v) is 10.0. The van der Waals surface area contributed by atoms with Gasteiger partial charge < -0.3 is 10.2 Å². The van der Waals surface area contributed by atoms with Gasteiger partial charge in [-0.3, -0.25) is 9.59 Å². The Hall–Kier alpha value is -2.04. The number of halogens is 2. The smallest absolute Gasteiger partial charge is 0.242 e. The van der Waals surface area contributed by atoms with E-state index in [0.29, 0.717) is 15.6 Å². The Bertz CT molecular complexity index is 832. The largest absolute Gasteiger partial charge is 0.352 e. The lowest BCUT2D eigenvalue weighted by Crippen LogP contribution is -2.49. The molecule has 0 fully saturated rings. The van der Waals surface area contributed by atoms with Crippen molar-refractivity contribution >= 4 is 35.0 Å². The summed E-state index contributed by atoms with van der Waals surface area (Å²) in [4.78, 5) is 27.3. The van der Waals surface area contributed by atoms with Crippen LogP contribution >= 0.6 is 23.2 Å². The molecule has 2 amide bonds. The standard InChI is InChI=1S/C22H26Cl2N2O2/c1-14(2)25-22(28)16(4)26(13-18-19(23)9-6-10-20(18)24)21(27)12-17-8-5-7-15(3)11-17/h5-11,14,16H,12-13H2,1-4H3,(H,25,28)/t16-/m0/s1. The van der Waals surface area contributed by atoms with Gasteiger partial charge in [0.15, 0.2) is 0 Å². The predicted molar refractivity (Wildman–Crippen MR) is 115 cm³/mol. The summed E-state index contributed by atoms with van der Waals surface area (Å²) in [5.41, 5.74) is 2.61. The maximum atomic E-state index is 13.1. The van der Waals surface area contributed by atoms with Crippen LogP contribution in [0.3, 0.4) is 0 Å². The van der Waals surface area contributed by atoms with Gasteiger partial charge in [-0.1, -0.05) is 59.1 Å². The van der Waals surface area contributed by atoms with Gasteiger partial charge in [0.2, 0.25) is 11.8 Å². The van der Waals surface area contributed by atoms with Crippen molar-refractivity contribution in [1.82, 2.24) is 10.2 Å². The summed E-state index contributed by atoms with van der Waals surface area (Å²) in [6.45, 7) is 7.63. The number of hydrogen-bond donors (Lipinski definition) is 1. The highest BCUT2D eigenvalue weighted by Crippen LogP contribution is 2.27. The number of amides is 2. The van der Waals surface area contributed by atoms with Crippen LogP contribution in [0.15, 0.2) is 42.5 Å². The quantitative estimate of drug-likeness (QED) is 0.699. The molecule has 0 aliphatic rings. The number of carbonyl (C=O) groups is 2. The summed E-state index contributed by atoms with van der Waals surface area (Å²) in [5, 5.41) is 3.81. The molecule has 0 heterocycles. The Morgan fingerprint density at radius 1 is 1.04 bits per heavy atom. The van der Waals surface area contributed by atoms with E-state index < -0.39 is 6.04 Å². The van der Waals surface area contributed by atoms with Crippen molar-refractivity contribution in [2.24, 2.45) is 0 Å². The van der Waals surface area contributed by atoms with Crippen molar-refractivity contribution in [3.8, 4) is 0 Å². The van der Waals surface area contributed by atoms with Gasteiger partial charge >= 0.3 is 0 Å². The van der Waals surface area contributed by atoms with Crippen molar-refractivity contribution < 1.29 is 9.59 Å². The van der Waals surface area contributed by atoms with E-state index in [0.717, 1.165) is 11.1 Å². The Morgan fingerprint density at radius 3 is 2.21 bits per heavy atom. The van der Waals surface area contributed by atoms with E-state index in [1.807, 2.05) is 45.0 Å². The molecule has 0 spiro atoms. The molecular weight excluding hydrogens is 395 g/mol. The number of rotatable bonds is 7. The van der Waals surface area contributed by atoms with E-state index >= 15 is 0 Å². The van der Waals surface area contributed by atoms with E-state index in [9.17, 15) is 9.59 Å². The van der Waals surface area contributed by atoms with Crippen molar-refractivity contribution in [2.75, 3.05) is 0 Å². The van der Waals surface area contributed by atoms with Crippen LogP contribution in [-0.4, -0.2) is 28.8 Å². The Kier molecular flexibility index (Phi) is 7.90. The monoisotopic (exact) mass is 420 g/mol. The molecule has 0 saturated heterocycles. The molecule has 150 valence electrons. The normalized spacial score (nSPS) is 12.0. The number of hydrogen-bond acceptors (Lipinski definition) is 2. The first kappa shape index (κ1) is 22.3. The van der Waals surface area contributed by atoms with Crippen LogP contribution in [0.2, 0.25) is 10.0 Å². The van der Waals surface area contributed by atoms with E-state index in [1.165, 1.54) is 4.90 Å². The molecule has 28 heavy (non-hydrogen) atoms. The molecule has 2 aromatic carbocycles. The maximum absolute atomic E-state index is 13.1. The van der Waals surface area contributed by atoms with Crippen molar-refractivity contribution in [3.05, 3.63) is 69.2 Å². The molecule has 0 radical (unpaired) electrons. The van der Waals surface area contributed by atoms with Crippen LogP contribution in [0.1, 0.15) is 37.5 Å². The number of carbonyl (C=O) groups excluding carboxylic acids is 2. The van der Waals surface area contributed by atoms with Crippen molar-refractivity contribution in [3.63, 3.8) is 0 Å². The second-order valence-electron chi connectivity index (χ2n) is 7.23. The lowest BCUT2D eigenvalue weighted by molar-refractivity contribution is -0.140. The molecule has 1 N–H and O–H groups in total. The molecule has 0 saturated carbocycles. The summed E-state index contributed by atoms with van der Waals surface area (Å²) in [7, 11) is 0. The highest BCUT2D eigenvalue weighted by molar-refractivity contribution is 6.36. The minimum absolute atomic E-state index is 0.0208. The fraction of sp³-hybridized carbons (Fsp3) is 0.364. The fourth-order valence-corrected chi connectivity index (χ4v) is 3.46. The van der Waals surface area contributed by atoms with Crippen LogP contribution in [0, 0.1) is 6.92 Å². The number of nitrogens with zero attached hydrogens (tertiary/aromatic N) is 1. The Labute approximate surface area is 176 Å². The van der Waals surface area contributed by atoms with Gasteiger partial charge in [-0.25, -0.2) is 0 Å². The predicted octanol–water partition coefficient (Wildman–Crippen LogP) is 4.79. The molecule has 0 aliphatic heterocycles. The van der Waals surface area contributed by atoms with Crippen molar-refractivity contribution in [2.45, 2.75) is 52.7 Å². The highest BCUT2D eigenvalue weighted by atomic mass is 35.5. The average Bonchev–Trinajstić information content (AvgIpc) is 2.60. The van der Waals surface area contributed by atoms with Crippen molar-refractivity contribution in [1.29, 1.82) is 0 Å². The van der Waals surface area contributed by atoms with Gasteiger partial charge in [0.05, 0.1) is 6.42 Å². The van der Waals surface area contributed by atoms with Gasteiger partial charge in [-0.15, -0.1) is 0 Å². The van der Waals surface area contributed by atoms with Crippen LogP contribution in [0.5, 0.6) is 0 Å². The average molecular weight is 421 g/mol. The zero-order chi connectivity index (χ0) is 20.8. The van der Waals surface area contributed by atoms with Crippen LogP contribution in [0.25, 0.3) is 0 Å². The maximum Gasteiger partial charge on any atom is 0.242 e. The lowest BCUT2D eigenvalue weighted by Gasteiger charge is -2.30. The van der Waals surface area contributed by atoms with Gasteiger partial charge in [-0.05, 0) is 45.4 Å². The number of benzene rings is 2. The van der Waals surface area contributed by atoms with Crippen LogP contribution in [-0.2, 0) is 22.6 Å². The molecule has 0 aromatic heterocycles. The minimum atomic E-state index is -0.660. The SMILES string of the molecule is Cc1cccc(CC(=O)N(Cc2c(Cl)cccc2Cl)[C@@H](C)C(=O)NC(C)C)c1. The van der Waals surface area contributed by atoms with Crippen LogP contribution < -0.4 is 5.32 Å². The molecule has 0 unspecified atom stereocenters. The third kappa shape index (κ3) is 5.98. The number of aryl methyl sites for hydroxylation is 1. The molecule has 0 aliphatic carbocycles. The zero-order valence-corrected chi connectivity index (χ0v) is 18.1. The van der Waals surface area contributed by atoms with E-state index in [2.05, 4.69) is 5.32 Å². The molecule has 0 bridgehead atoms. The summed E-state index contributed by atoms with van der Waals surface area (Å²) >= 11 is 12.6. The fourth-order valence-electron chi connectivity index (χ4n) is 2.94. The van der Waals surface area contributed by atoms with E-state index in [1.54, 1.807) is 25.1 Å². The first-order valence-electron chi connectivity index (χ1n) is 9.27. The van der Waals surface area contributed by atoms with Gasteiger partial charge in [0.1, 0.15) is 6.04 Å².